The number of amides is 2. The first-order valence-electron chi connectivity index (χ1n) is 48.3. The number of unbranched alkanes of at least 4 members (excludes halogenated alkanes) is 4. The van der Waals surface area contributed by atoms with Crippen LogP contribution in [0, 0.1) is 0 Å². The number of esters is 2. The van der Waals surface area contributed by atoms with Crippen LogP contribution in [0.15, 0.2) is 364 Å². The summed E-state index contributed by atoms with van der Waals surface area (Å²) in [4.78, 5) is 133. The first-order valence-corrected chi connectivity index (χ1v) is 52.3. The maximum absolute atomic E-state index is 14.1. The molecule has 2 amide bonds. The Kier molecular flexibility index (Phi) is 46.1. The molecule has 0 saturated carbocycles. The molecule has 0 heterocycles. The first-order chi connectivity index (χ1) is 69.9. The minimum atomic E-state index is -1.25. The van der Waals surface area contributed by atoms with Crippen molar-refractivity contribution in [1.29, 1.82) is 0 Å². The number of Topliss-reactive ketones (excluding diaryl/α,β-unsaturated/α-hetero) is 2. The molecule has 0 radical (unpaired) electrons. The van der Waals surface area contributed by atoms with Gasteiger partial charge in [-0.3, -0.25) is 62.6 Å². The van der Waals surface area contributed by atoms with Gasteiger partial charge in [-0.25, -0.2) is 4.90 Å². The molecule has 0 aliphatic carbocycles. The second-order valence-electron chi connectivity index (χ2n) is 34.3. The Labute approximate surface area is 857 Å². The summed E-state index contributed by atoms with van der Waals surface area (Å²) in [6.07, 6.45) is 4.13. The second-order valence-corrected chi connectivity index (χ2v) is 39.6. The van der Waals surface area contributed by atoms with Crippen molar-refractivity contribution in [2.45, 2.75) is 95.3 Å². The van der Waals surface area contributed by atoms with E-state index in [1.165, 1.54) is 14.2 Å². The number of carboxylic acids is 2. The minimum absolute atomic E-state index is 0.00927. The van der Waals surface area contributed by atoms with Crippen molar-refractivity contribution in [1.82, 2.24) is 30.2 Å². The lowest BCUT2D eigenvalue weighted by Gasteiger charge is -2.36. The van der Waals surface area contributed by atoms with Crippen molar-refractivity contribution < 1.29 is 77.1 Å². The largest absolute Gasteiger partial charge is 0.480 e. The van der Waals surface area contributed by atoms with E-state index in [1.807, 2.05) is 119 Å². The van der Waals surface area contributed by atoms with Crippen LogP contribution in [0.2, 0.25) is 0 Å². The van der Waals surface area contributed by atoms with E-state index in [9.17, 15) is 58.2 Å². The van der Waals surface area contributed by atoms with Crippen molar-refractivity contribution in [2.24, 2.45) is 0 Å². The Bertz CT molecular complexity index is 5430. The Morgan fingerprint density at radius 2 is 0.587 bits per heavy atom. The van der Waals surface area contributed by atoms with Gasteiger partial charge in [0.25, 0.3) is 12.9 Å². The van der Waals surface area contributed by atoms with Gasteiger partial charge in [-0.1, -0.05) is 390 Å². The third-order valence-corrected chi connectivity index (χ3v) is 31.1. The fourth-order valence-electron chi connectivity index (χ4n) is 18.2. The number of rotatable bonds is 63. The molecule has 0 aliphatic heterocycles. The zero-order chi connectivity index (χ0) is 101. The minimum Gasteiger partial charge on any atom is -0.480 e. The van der Waals surface area contributed by atoms with Gasteiger partial charge in [0, 0.05) is 68.6 Å². The molecule has 22 nitrogen and oxygen atoms in total. The molecule has 143 heavy (non-hydrogen) atoms. The van der Waals surface area contributed by atoms with E-state index in [-0.39, 0.29) is 95.0 Å². The smallest absolute Gasteiger partial charge is 0.323 e. The monoisotopic (exact) mass is 2000 g/mol. The molecule has 2 atom stereocenters. The molecule has 12 aromatic rings. The van der Waals surface area contributed by atoms with Gasteiger partial charge in [-0.15, -0.1) is 47.0 Å². The van der Waals surface area contributed by atoms with Gasteiger partial charge in [0.1, 0.15) is 43.5 Å². The summed E-state index contributed by atoms with van der Waals surface area (Å²) >= 11 is 7.10. The Morgan fingerprint density at radius 1 is 0.315 bits per heavy atom. The summed E-state index contributed by atoms with van der Waals surface area (Å²) in [6, 6.07) is 123. The van der Waals surface area contributed by atoms with Gasteiger partial charge in [-0.05, 0) is 92.4 Å². The van der Waals surface area contributed by atoms with Crippen LogP contribution in [0.4, 0.5) is 0 Å². The van der Waals surface area contributed by atoms with Gasteiger partial charge >= 0.3 is 23.9 Å². The zero-order valence-electron chi connectivity index (χ0n) is 81.1. The highest BCUT2D eigenvalue weighted by molar-refractivity contribution is 8.01. The molecule has 0 bridgehead atoms. The highest BCUT2D eigenvalue weighted by Gasteiger charge is 2.42. The molecule has 0 spiro atoms. The summed E-state index contributed by atoms with van der Waals surface area (Å²) in [6.45, 7) is 1.22. The average molecular weight is 2000 g/mol. The number of hydrogen-bond donors (Lipinski definition) is 4. The summed E-state index contributed by atoms with van der Waals surface area (Å²) < 4.78 is 17.3. The molecule has 0 aromatic heterocycles. The summed E-state index contributed by atoms with van der Waals surface area (Å²) in [5.74, 6) is -1.50. The predicted molar refractivity (Wildman–Crippen MR) is 571 cm³/mol. The van der Waals surface area contributed by atoms with Crippen LogP contribution in [0.25, 0.3) is 0 Å². The molecule has 4 N–H and O–H groups in total. The van der Waals surface area contributed by atoms with Crippen molar-refractivity contribution in [3.63, 3.8) is 0 Å². The standard InChI is InChI=1S/C60H67N3O8S2.C57H61N3O8S2/c1-69-57(67)46-63(39-41-71-47-64)55(58(68)70-2)37-23-9-22-36-54(65)44-62(40-43-73-60(51-30-16-6-17-31-51,52-32-18-7-19-33-52)53-34-20-8-21-35-53)45-56(66)61-38-42-72-59(48-24-10-3-11-25-48,49-26-12-4-13-27-49)50-28-14-5-15-29-50;61-44-68-43-60(42-54(64)65)52(55(66)67)35-21-7-20-34-51(62)40-59(37-39-70-57(48-28-14-4-15-29-48,49-30-16-5-17-31-49)50-32-18-6-19-33-50)41-53(63)58-36-38-69-56(45-22-8-1-9-23-45,46-24-10-2-11-25-46)47-26-12-3-13-27-47/h3-8,10-21,24-35,47,55H,9,22-23,36-46H2,1-2H3,(H,61,66);1-6,8-19,22-33,44,52H,7,20-21,34-43H2,(H,58,63)(H,64,65)(H,66,67). The number of nitrogens with one attached hydrogen (secondary N) is 2. The molecule has 26 heteroatoms. The third kappa shape index (κ3) is 32.2. The van der Waals surface area contributed by atoms with E-state index >= 15 is 0 Å². The predicted octanol–water partition coefficient (Wildman–Crippen LogP) is 18.9. The number of nitrogens with zero attached hydrogens (tertiary/aromatic N) is 4. The van der Waals surface area contributed by atoms with Crippen molar-refractivity contribution >= 4 is 107 Å². The number of carbonyl (C=O) groups excluding carboxylic acids is 8. The van der Waals surface area contributed by atoms with E-state index in [4.69, 9.17) is 18.9 Å². The van der Waals surface area contributed by atoms with Gasteiger partial charge in [-0.2, -0.15) is 0 Å². The van der Waals surface area contributed by atoms with E-state index in [2.05, 4.69) is 265 Å². The molecule has 2 unspecified atom stereocenters. The molecular formula is C117H128N6O16S4. The van der Waals surface area contributed by atoms with Gasteiger partial charge in [0.05, 0.1) is 65.9 Å². The lowest BCUT2D eigenvalue weighted by atomic mass is 9.84. The lowest BCUT2D eigenvalue weighted by Crippen LogP contribution is -2.46. The highest BCUT2D eigenvalue weighted by atomic mass is 32.2. The van der Waals surface area contributed by atoms with E-state index in [0.717, 1.165) is 71.7 Å². The number of benzene rings is 12. The lowest BCUT2D eigenvalue weighted by molar-refractivity contribution is -0.154. The van der Waals surface area contributed by atoms with E-state index in [1.54, 1.807) is 51.9 Å². The SMILES string of the molecule is COC(=O)CN(CCOC=O)C(CCCCCC(=O)CN(CCSC(c1ccccc1)(c1ccccc1)c1ccccc1)CC(=O)NCCSC(c1ccccc1)(c1ccccc1)c1ccccc1)C(=O)OC.O=COCN(CC(=O)O)C(CCCCCC(=O)CN(CCSC(c1ccccc1)(c1ccccc1)c1ccccc1)CC(=O)NCCSC(c1ccccc1)(c1ccccc1)c1ccccc1)C(=O)O. The summed E-state index contributed by atoms with van der Waals surface area (Å²) in [5.41, 5.74) is 13.6. The second kappa shape index (κ2) is 59.8. The van der Waals surface area contributed by atoms with Gasteiger partial charge < -0.3 is 39.8 Å². The van der Waals surface area contributed by atoms with E-state index in [0.29, 0.717) is 101 Å². The molecule has 746 valence electrons. The maximum atomic E-state index is 14.1. The third-order valence-electron chi connectivity index (χ3n) is 24.9. The Balaban J connectivity index is 0.000000273. The van der Waals surface area contributed by atoms with Gasteiger partial charge in [0.2, 0.25) is 11.8 Å². The normalized spacial score (nSPS) is 12.0. The molecule has 0 fully saturated rings. The van der Waals surface area contributed by atoms with Gasteiger partial charge in [0.15, 0.2) is 0 Å². The number of ether oxygens (including phenoxy) is 4. The van der Waals surface area contributed by atoms with Crippen LogP contribution in [0.1, 0.15) is 131 Å². The molecular weight excluding hydrogens is 1870 g/mol. The average Bonchev–Trinajstić information content (AvgIpc) is 0.770. The quantitative estimate of drug-likeness (QED) is 0.00688. The van der Waals surface area contributed by atoms with Crippen molar-refractivity contribution in [2.75, 3.05) is 123 Å². The highest BCUT2D eigenvalue weighted by Crippen LogP contribution is 2.53. The molecule has 0 aliphatic rings. The van der Waals surface area contributed by atoms with Crippen LogP contribution in [0.3, 0.4) is 0 Å². The van der Waals surface area contributed by atoms with Crippen molar-refractivity contribution in [3.05, 3.63) is 431 Å². The number of aliphatic carboxylic acids is 2. The topological polar surface area (TPSA) is 285 Å². The first kappa shape index (κ1) is 110. The summed E-state index contributed by atoms with van der Waals surface area (Å²) in [7, 11) is 2.55. The molecule has 12 rings (SSSR count). The molecule has 12 aromatic carbocycles. The molecule has 0 saturated heterocycles. The van der Waals surface area contributed by atoms with Crippen LogP contribution in [-0.4, -0.2) is 225 Å². The fourth-order valence-corrected chi connectivity index (χ4v) is 24.1. The Morgan fingerprint density at radius 3 is 0.839 bits per heavy atom. The number of methoxy groups -OCH3 is 2. The number of carbonyl (C=O) groups is 10. The summed E-state index contributed by atoms with van der Waals surface area (Å²) in [5, 5.41) is 25.6. The number of hydrogen-bond acceptors (Lipinski definition) is 22. The van der Waals surface area contributed by atoms with Crippen LogP contribution in [-0.2, 0) is 85.9 Å². The zero-order valence-corrected chi connectivity index (χ0v) is 84.3. The Hall–Kier alpha value is -13.0. The number of ketones is 2. The maximum Gasteiger partial charge on any atom is 0.323 e. The fraction of sp³-hybridized carbons (Fsp3) is 0.299. The van der Waals surface area contributed by atoms with E-state index < -0.39 is 68.2 Å². The van der Waals surface area contributed by atoms with Crippen molar-refractivity contribution in [3.8, 4) is 0 Å². The van der Waals surface area contributed by atoms with Crippen LogP contribution < -0.4 is 10.6 Å². The number of carboxylic acid groups (broad SMARTS) is 2. The number of thioether (sulfide) groups is 4. The van der Waals surface area contributed by atoms with Crippen LogP contribution >= 0.6 is 47.0 Å². The van der Waals surface area contributed by atoms with Crippen LogP contribution in [0.5, 0.6) is 0 Å².